The molecule has 0 radical (unpaired) electrons. The number of rotatable bonds is 7. The third-order valence-corrected chi connectivity index (χ3v) is 3.21. The first-order valence-corrected chi connectivity index (χ1v) is 7.25. The van der Waals surface area contributed by atoms with E-state index in [4.69, 9.17) is 0 Å². The molecule has 1 aromatic heterocycles. The first kappa shape index (κ1) is 13.8. The van der Waals surface area contributed by atoms with Crippen LogP contribution in [0.4, 0.5) is 5.69 Å². The number of pyridine rings is 1. The smallest absolute Gasteiger partial charge is 0.255 e. The van der Waals surface area contributed by atoms with Gasteiger partial charge in [0.15, 0.2) is 0 Å². The first-order chi connectivity index (χ1) is 9.24. The van der Waals surface area contributed by atoms with Gasteiger partial charge in [0.2, 0.25) is 0 Å². The maximum Gasteiger partial charge on any atom is 0.255 e. The van der Waals surface area contributed by atoms with Crippen molar-refractivity contribution in [2.75, 3.05) is 18.4 Å². The molecule has 1 aromatic rings. The Morgan fingerprint density at radius 2 is 2.00 bits per heavy atom. The number of carbonyl (C=O) groups is 1. The zero-order chi connectivity index (χ0) is 13.7. The zero-order valence-electron chi connectivity index (χ0n) is 11.9. The highest BCUT2D eigenvalue weighted by molar-refractivity contribution is 5.94. The number of aromatic nitrogens is 1. The van der Waals surface area contributed by atoms with Crippen molar-refractivity contribution < 1.29 is 4.79 Å². The minimum Gasteiger partial charge on any atom is -0.381 e. The van der Waals surface area contributed by atoms with Crippen LogP contribution in [-0.4, -0.2) is 34.9 Å². The summed E-state index contributed by atoms with van der Waals surface area (Å²) in [5.74, 6) is 0.0932. The fraction of sp³-hybridized carbons (Fsp3) is 0.600. The number of hydrogen-bond acceptors (Lipinski definition) is 3. The molecule has 0 bridgehead atoms. The molecule has 1 saturated carbocycles. The second kappa shape index (κ2) is 6.55. The summed E-state index contributed by atoms with van der Waals surface area (Å²) in [5, 5.41) is 3.38. The van der Waals surface area contributed by atoms with Crippen LogP contribution in [0.5, 0.6) is 0 Å². The van der Waals surface area contributed by atoms with Crippen molar-refractivity contribution in [2.45, 2.75) is 45.6 Å². The van der Waals surface area contributed by atoms with Crippen molar-refractivity contribution in [3.8, 4) is 0 Å². The molecule has 2 rings (SSSR count). The molecule has 0 unspecified atom stereocenters. The van der Waals surface area contributed by atoms with Gasteiger partial charge >= 0.3 is 0 Å². The van der Waals surface area contributed by atoms with Crippen LogP contribution in [0.2, 0.25) is 0 Å². The van der Waals surface area contributed by atoms with E-state index in [2.05, 4.69) is 24.1 Å². The summed E-state index contributed by atoms with van der Waals surface area (Å²) >= 11 is 0. The van der Waals surface area contributed by atoms with Gasteiger partial charge in [-0.15, -0.1) is 0 Å². The van der Waals surface area contributed by atoms with Crippen molar-refractivity contribution in [2.24, 2.45) is 0 Å². The number of hydrogen-bond donors (Lipinski definition) is 1. The van der Waals surface area contributed by atoms with Crippen LogP contribution in [-0.2, 0) is 0 Å². The topological polar surface area (TPSA) is 45.2 Å². The van der Waals surface area contributed by atoms with E-state index in [1.54, 1.807) is 12.4 Å². The molecule has 1 N–H and O–H groups in total. The maximum atomic E-state index is 12.4. The number of carbonyl (C=O) groups excluding carboxylic acids is 1. The minimum atomic E-state index is 0.0932. The molecule has 1 heterocycles. The van der Waals surface area contributed by atoms with Crippen molar-refractivity contribution >= 4 is 11.6 Å². The summed E-state index contributed by atoms with van der Waals surface area (Å²) in [6.07, 6.45) is 7.86. The Balaban J connectivity index is 2.07. The van der Waals surface area contributed by atoms with Crippen LogP contribution < -0.4 is 5.32 Å². The van der Waals surface area contributed by atoms with Crippen molar-refractivity contribution in [3.63, 3.8) is 0 Å². The van der Waals surface area contributed by atoms with Crippen LogP contribution in [0.15, 0.2) is 18.5 Å². The Kier molecular flexibility index (Phi) is 4.77. The molecule has 4 heteroatoms. The second-order valence-electron chi connectivity index (χ2n) is 5.17. The van der Waals surface area contributed by atoms with Crippen molar-refractivity contribution in [1.29, 1.82) is 0 Å². The highest BCUT2D eigenvalue weighted by Gasteiger charge is 2.21. The van der Waals surface area contributed by atoms with Crippen LogP contribution in [0, 0.1) is 0 Å². The zero-order valence-corrected chi connectivity index (χ0v) is 11.9. The van der Waals surface area contributed by atoms with E-state index in [-0.39, 0.29) is 5.91 Å². The molecule has 19 heavy (non-hydrogen) atoms. The quantitative estimate of drug-likeness (QED) is 0.821. The Hall–Kier alpha value is -1.58. The van der Waals surface area contributed by atoms with Crippen molar-refractivity contribution in [1.82, 2.24) is 9.88 Å². The van der Waals surface area contributed by atoms with E-state index in [9.17, 15) is 4.79 Å². The third kappa shape index (κ3) is 3.94. The third-order valence-electron chi connectivity index (χ3n) is 3.21. The molecule has 0 aromatic carbocycles. The number of anilines is 1. The summed E-state index contributed by atoms with van der Waals surface area (Å²) in [4.78, 5) is 18.5. The van der Waals surface area contributed by atoms with Gasteiger partial charge in [0.1, 0.15) is 0 Å². The monoisotopic (exact) mass is 261 g/mol. The summed E-state index contributed by atoms with van der Waals surface area (Å²) in [6, 6.07) is 2.50. The molecule has 1 aliphatic carbocycles. The van der Waals surface area contributed by atoms with Gasteiger partial charge in [0.05, 0.1) is 11.3 Å². The molecule has 0 aliphatic heterocycles. The van der Waals surface area contributed by atoms with Crippen LogP contribution >= 0.6 is 0 Å². The van der Waals surface area contributed by atoms with Crippen LogP contribution in [0.3, 0.4) is 0 Å². The molecule has 104 valence electrons. The van der Waals surface area contributed by atoms with Gasteiger partial charge < -0.3 is 10.2 Å². The van der Waals surface area contributed by atoms with E-state index in [0.29, 0.717) is 11.6 Å². The average Bonchev–Trinajstić information content (AvgIpc) is 3.22. The first-order valence-electron chi connectivity index (χ1n) is 7.25. The lowest BCUT2D eigenvalue weighted by Crippen LogP contribution is -2.32. The predicted molar refractivity (Wildman–Crippen MR) is 77.4 cm³/mol. The fourth-order valence-corrected chi connectivity index (χ4v) is 2.14. The van der Waals surface area contributed by atoms with Gasteiger partial charge in [0, 0.05) is 31.5 Å². The van der Waals surface area contributed by atoms with E-state index in [1.165, 1.54) is 12.8 Å². The second-order valence-corrected chi connectivity index (χ2v) is 5.17. The highest BCUT2D eigenvalue weighted by Crippen LogP contribution is 2.24. The molecule has 1 fully saturated rings. The number of nitrogens with zero attached hydrogens (tertiary/aromatic N) is 2. The summed E-state index contributed by atoms with van der Waals surface area (Å²) in [5.41, 5.74) is 1.65. The van der Waals surface area contributed by atoms with Gasteiger partial charge in [-0.2, -0.15) is 0 Å². The SMILES string of the molecule is CCCN(CCC)C(=O)c1cncc(NC2CC2)c1. The minimum absolute atomic E-state index is 0.0932. The molecule has 4 nitrogen and oxygen atoms in total. The maximum absolute atomic E-state index is 12.4. The van der Waals surface area contributed by atoms with Gasteiger partial charge in [-0.3, -0.25) is 9.78 Å². The fourth-order valence-electron chi connectivity index (χ4n) is 2.14. The summed E-state index contributed by atoms with van der Waals surface area (Å²) in [6.45, 7) is 5.82. The molecule has 1 aliphatic rings. The van der Waals surface area contributed by atoms with E-state index < -0.39 is 0 Å². The van der Waals surface area contributed by atoms with E-state index >= 15 is 0 Å². The lowest BCUT2D eigenvalue weighted by molar-refractivity contribution is 0.0755. The molecule has 1 amide bonds. The molecule has 0 spiro atoms. The molecule has 0 saturated heterocycles. The van der Waals surface area contributed by atoms with E-state index in [1.807, 2.05) is 11.0 Å². The number of nitrogens with one attached hydrogen (secondary N) is 1. The Bertz CT molecular complexity index is 423. The Labute approximate surface area is 115 Å². The van der Waals surface area contributed by atoms with Crippen LogP contribution in [0.1, 0.15) is 49.9 Å². The summed E-state index contributed by atoms with van der Waals surface area (Å²) < 4.78 is 0. The lowest BCUT2D eigenvalue weighted by Gasteiger charge is -2.21. The van der Waals surface area contributed by atoms with Crippen molar-refractivity contribution in [3.05, 3.63) is 24.0 Å². The molecule has 0 atom stereocenters. The van der Waals surface area contributed by atoms with Gasteiger partial charge in [-0.1, -0.05) is 13.8 Å². The lowest BCUT2D eigenvalue weighted by atomic mass is 10.2. The Morgan fingerprint density at radius 3 is 2.58 bits per heavy atom. The standard InChI is InChI=1S/C15H23N3O/c1-3-7-18(8-4-2)15(19)12-9-14(11-16-10-12)17-13-5-6-13/h9-11,13,17H,3-8H2,1-2H3. The molecular formula is C15H23N3O. The number of amides is 1. The predicted octanol–water partition coefficient (Wildman–Crippen LogP) is 2.92. The Morgan fingerprint density at radius 1 is 1.32 bits per heavy atom. The average molecular weight is 261 g/mol. The normalized spacial score (nSPS) is 14.2. The van der Waals surface area contributed by atoms with E-state index in [0.717, 1.165) is 31.6 Å². The molecular weight excluding hydrogens is 238 g/mol. The van der Waals surface area contributed by atoms with Crippen LogP contribution in [0.25, 0.3) is 0 Å². The highest BCUT2D eigenvalue weighted by atomic mass is 16.2. The summed E-state index contributed by atoms with van der Waals surface area (Å²) in [7, 11) is 0. The largest absolute Gasteiger partial charge is 0.381 e. The van der Waals surface area contributed by atoms with Gasteiger partial charge in [-0.05, 0) is 31.7 Å². The van der Waals surface area contributed by atoms with Gasteiger partial charge in [-0.25, -0.2) is 0 Å². The van der Waals surface area contributed by atoms with Gasteiger partial charge in [0.25, 0.3) is 5.91 Å².